The Bertz CT molecular complexity index is 750. The highest BCUT2D eigenvalue weighted by atomic mass is 19.4. The lowest BCUT2D eigenvalue weighted by Gasteiger charge is -2.41. The van der Waals surface area contributed by atoms with Crippen LogP contribution < -0.4 is 5.32 Å². The van der Waals surface area contributed by atoms with E-state index in [4.69, 9.17) is 4.74 Å². The van der Waals surface area contributed by atoms with Gasteiger partial charge in [-0.25, -0.2) is 9.48 Å². The maximum atomic E-state index is 13.8. The van der Waals surface area contributed by atoms with E-state index in [9.17, 15) is 22.8 Å². The number of alkyl halides is 3. The van der Waals surface area contributed by atoms with Gasteiger partial charge in [0.25, 0.3) is 0 Å². The van der Waals surface area contributed by atoms with Crippen LogP contribution in [0.3, 0.4) is 0 Å². The van der Waals surface area contributed by atoms with Crippen LogP contribution in [0.4, 0.5) is 19.0 Å². The molecule has 1 N–H and O–H groups in total. The van der Waals surface area contributed by atoms with Crippen LogP contribution in [-0.2, 0) is 9.53 Å². The van der Waals surface area contributed by atoms with Crippen LogP contribution in [-0.4, -0.2) is 58.5 Å². The minimum Gasteiger partial charge on any atom is -0.462 e. The largest absolute Gasteiger partial charge is 0.462 e. The number of nitrogens with one attached hydrogen (secondary N) is 1. The Hall–Kier alpha value is -2.26. The van der Waals surface area contributed by atoms with Crippen LogP contribution in [0.5, 0.6) is 0 Å². The van der Waals surface area contributed by atoms with Gasteiger partial charge in [0.2, 0.25) is 5.91 Å². The number of fused-ring (bicyclic) bond motifs is 1. The molecule has 0 saturated carbocycles. The molecule has 3 rings (SSSR count). The molecule has 0 spiro atoms. The quantitative estimate of drug-likeness (QED) is 0.745. The summed E-state index contributed by atoms with van der Waals surface area (Å²) in [6.45, 7) is 4.73. The van der Waals surface area contributed by atoms with Crippen molar-refractivity contribution in [3.05, 3.63) is 11.8 Å². The van der Waals surface area contributed by atoms with Gasteiger partial charge in [0, 0.05) is 25.6 Å². The molecule has 1 aromatic heterocycles. The van der Waals surface area contributed by atoms with E-state index in [2.05, 4.69) is 10.4 Å². The fourth-order valence-electron chi connectivity index (χ4n) is 4.20. The van der Waals surface area contributed by atoms with Crippen LogP contribution in [0.2, 0.25) is 0 Å². The molecule has 1 fully saturated rings. The zero-order chi connectivity index (χ0) is 21.2. The van der Waals surface area contributed by atoms with Crippen molar-refractivity contribution >= 4 is 17.7 Å². The van der Waals surface area contributed by atoms with Gasteiger partial charge in [-0.05, 0) is 38.5 Å². The highest BCUT2D eigenvalue weighted by Gasteiger charge is 2.48. The van der Waals surface area contributed by atoms with Gasteiger partial charge in [0.15, 0.2) is 6.04 Å². The summed E-state index contributed by atoms with van der Waals surface area (Å²) in [6, 6.07) is -2.34. The number of anilines is 1. The molecule has 162 valence electrons. The third kappa shape index (κ3) is 4.51. The molecule has 3 atom stereocenters. The lowest BCUT2D eigenvalue weighted by Crippen LogP contribution is -2.49. The molecule has 0 aliphatic carbocycles. The van der Waals surface area contributed by atoms with E-state index in [1.807, 2.05) is 6.92 Å². The predicted molar refractivity (Wildman–Crippen MR) is 99.5 cm³/mol. The van der Waals surface area contributed by atoms with E-state index in [-0.39, 0.29) is 36.2 Å². The maximum absolute atomic E-state index is 13.8. The fourth-order valence-corrected chi connectivity index (χ4v) is 4.20. The van der Waals surface area contributed by atoms with Gasteiger partial charge in [-0.1, -0.05) is 6.92 Å². The van der Waals surface area contributed by atoms with Crippen molar-refractivity contribution in [1.29, 1.82) is 0 Å². The highest BCUT2D eigenvalue weighted by molar-refractivity contribution is 5.94. The molecule has 0 aromatic carbocycles. The van der Waals surface area contributed by atoms with E-state index in [0.717, 1.165) is 30.1 Å². The van der Waals surface area contributed by atoms with Crippen molar-refractivity contribution in [2.45, 2.75) is 64.2 Å². The Morgan fingerprint density at radius 1 is 1.34 bits per heavy atom. The normalized spacial score (nSPS) is 24.6. The number of esters is 1. The number of ether oxygens (including phenoxy) is 1. The summed E-state index contributed by atoms with van der Waals surface area (Å²) in [4.78, 5) is 26.2. The first kappa shape index (κ1) is 21.4. The first-order valence-corrected chi connectivity index (χ1v) is 10.1. The van der Waals surface area contributed by atoms with E-state index < -0.39 is 24.2 Å². The molecule has 1 aromatic rings. The molecule has 3 heterocycles. The topological polar surface area (TPSA) is 76.5 Å². The number of hydrogen-bond donors (Lipinski definition) is 1. The number of aromatic nitrogens is 2. The second-order valence-corrected chi connectivity index (χ2v) is 7.61. The molecular weight excluding hydrogens is 389 g/mol. The lowest BCUT2D eigenvalue weighted by atomic mass is 9.85. The molecule has 2 aliphatic heterocycles. The summed E-state index contributed by atoms with van der Waals surface area (Å²) in [5.74, 6) is -0.754. The Kier molecular flexibility index (Phi) is 6.38. The number of piperidine rings is 1. The van der Waals surface area contributed by atoms with Crippen molar-refractivity contribution in [2.75, 3.05) is 25.0 Å². The van der Waals surface area contributed by atoms with E-state index in [1.165, 1.54) is 0 Å². The van der Waals surface area contributed by atoms with Crippen LogP contribution in [0.25, 0.3) is 0 Å². The van der Waals surface area contributed by atoms with Crippen molar-refractivity contribution in [3.8, 4) is 0 Å². The Morgan fingerprint density at radius 2 is 2.10 bits per heavy atom. The van der Waals surface area contributed by atoms with Crippen molar-refractivity contribution in [3.63, 3.8) is 0 Å². The molecule has 1 amide bonds. The Morgan fingerprint density at radius 3 is 2.76 bits per heavy atom. The molecular formula is C19H27F3N4O3. The average molecular weight is 416 g/mol. The Labute approximate surface area is 167 Å². The molecule has 2 aliphatic rings. The Balaban J connectivity index is 1.86. The standard InChI is InChI=1S/C19H27F3N4O3/c1-3-6-16(27)25-8-5-7-12(11-25)14-9-15(19(20,21)22)26-17(24-14)13(10-23-26)18(28)29-4-2/h10,12,14-15,24H,3-9,11H2,1-2H3/t12-,14+,15-/m1/s1. The zero-order valence-electron chi connectivity index (χ0n) is 16.7. The van der Waals surface area contributed by atoms with Gasteiger partial charge in [-0.2, -0.15) is 18.3 Å². The smallest absolute Gasteiger partial charge is 0.410 e. The van der Waals surface area contributed by atoms with E-state index in [0.29, 0.717) is 19.5 Å². The van der Waals surface area contributed by atoms with Gasteiger partial charge in [-0.15, -0.1) is 0 Å². The monoisotopic (exact) mass is 416 g/mol. The number of nitrogens with zero attached hydrogens (tertiary/aromatic N) is 3. The third-order valence-corrected chi connectivity index (χ3v) is 5.61. The second-order valence-electron chi connectivity index (χ2n) is 7.61. The van der Waals surface area contributed by atoms with E-state index >= 15 is 0 Å². The van der Waals surface area contributed by atoms with Crippen LogP contribution in [0.1, 0.15) is 62.4 Å². The summed E-state index contributed by atoms with van der Waals surface area (Å²) in [6.07, 6.45) is -0.921. The third-order valence-electron chi connectivity index (χ3n) is 5.61. The molecule has 29 heavy (non-hydrogen) atoms. The summed E-state index contributed by atoms with van der Waals surface area (Å²) in [5, 5.41) is 6.93. The molecule has 10 heteroatoms. The maximum Gasteiger partial charge on any atom is 0.410 e. The number of amides is 1. The molecule has 0 bridgehead atoms. The summed E-state index contributed by atoms with van der Waals surface area (Å²) in [5.41, 5.74) is 0.000486. The molecule has 1 saturated heterocycles. The summed E-state index contributed by atoms with van der Waals surface area (Å²) >= 11 is 0. The number of hydrogen-bond acceptors (Lipinski definition) is 5. The molecule has 0 unspecified atom stereocenters. The highest BCUT2D eigenvalue weighted by Crippen LogP contribution is 2.42. The van der Waals surface area contributed by atoms with Crippen molar-refractivity contribution < 1.29 is 27.5 Å². The van der Waals surface area contributed by atoms with Crippen LogP contribution >= 0.6 is 0 Å². The number of carbonyl (C=O) groups excluding carboxylic acids is 2. The van der Waals surface area contributed by atoms with Crippen LogP contribution in [0, 0.1) is 5.92 Å². The second kappa shape index (κ2) is 8.62. The SMILES string of the molecule is CCCC(=O)N1CCC[C@@H]([C@@H]2C[C@H](C(F)(F)F)n3ncc(C(=O)OCC)c3N2)C1. The predicted octanol–water partition coefficient (Wildman–Crippen LogP) is 3.39. The zero-order valence-corrected chi connectivity index (χ0v) is 16.7. The molecule has 7 nitrogen and oxygen atoms in total. The van der Waals surface area contributed by atoms with Crippen molar-refractivity contribution in [1.82, 2.24) is 14.7 Å². The lowest BCUT2D eigenvalue weighted by molar-refractivity contribution is -0.175. The number of halogens is 3. The fraction of sp³-hybridized carbons (Fsp3) is 0.737. The van der Waals surface area contributed by atoms with Gasteiger partial charge < -0.3 is 15.0 Å². The number of carbonyl (C=O) groups is 2. The van der Waals surface area contributed by atoms with Crippen LogP contribution in [0.15, 0.2) is 6.20 Å². The first-order chi connectivity index (χ1) is 13.8. The molecule has 0 radical (unpaired) electrons. The minimum atomic E-state index is -4.50. The first-order valence-electron chi connectivity index (χ1n) is 10.1. The number of rotatable bonds is 5. The van der Waals surface area contributed by atoms with Crippen molar-refractivity contribution in [2.24, 2.45) is 5.92 Å². The van der Waals surface area contributed by atoms with E-state index in [1.54, 1.807) is 11.8 Å². The van der Waals surface area contributed by atoms with Gasteiger partial charge in [0.05, 0.1) is 12.8 Å². The van der Waals surface area contributed by atoms with Gasteiger partial charge >= 0.3 is 12.1 Å². The van der Waals surface area contributed by atoms with Gasteiger partial charge in [-0.3, -0.25) is 4.79 Å². The average Bonchev–Trinajstić information content (AvgIpc) is 3.11. The summed E-state index contributed by atoms with van der Waals surface area (Å²) in [7, 11) is 0. The minimum absolute atomic E-state index is 0.000486. The summed E-state index contributed by atoms with van der Waals surface area (Å²) < 4.78 is 47.1. The number of likely N-dealkylation sites (tertiary alicyclic amines) is 1. The van der Waals surface area contributed by atoms with Gasteiger partial charge in [0.1, 0.15) is 11.4 Å².